The fraction of sp³-hybridized carbons (Fsp3) is 0.850. The Labute approximate surface area is 153 Å². The van der Waals surface area contributed by atoms with E-state index in [0.717, 1.165) is 19.3 Å². The average Bonchev–Trinajstić information content (AvgIpc) is 3.08. The molecule has 2 bridgehead atoms. The summed E-state index contributed by atoms with van der Waals surface area (Å²) in [6.45, 7) is 6.74. The lowest BCUT2D eigenvalue weighted by atomic mass is 9.44. The second-order valence-corrected chi connectivity index (χ2v) is 10.1. The second kappa shape index (κ2) is 4.72. The minimum Gasteiger partial charge on any atom is -0.425 e. The number of carbonyl (C=O) groups excluding carboxylic acids is 1. The molecule has 6 heteroatoms. The molecule has 3 N–H and O–H groups in total. The van der Waals surface area contributed by atoms with Crippen molar-refractivity contribution in [3.8, 4) is 0 Å². The van der Waals surface area contributed by atoms with Gasteiger partial charge < -0.3 is 24.8 Å². The summed E-state index contributed by atoms with van der Waals surface area (Å²) in [5, 5.41) is 33.6. The summed E-state index contributed by atoms with van der Waals surface area (Å²) in [5.74, 6) is -2.07. The molecule has 1 saturated heterocycles. The molecule has 3 fully saturated rings. The standard InChI is InChI=1S/C20H28O6/c1-17(2)5-4-6-18(3)11(17)8-13(21)20-12(18)9-19(24,26-20)16-10(15(20)23)7-14(22)25-16/h11-13,15,21,23-24H,4-9H2,1-3H3/t11-,12+,13-,15+,18-,19-,20+/m1/s1. The lowest BCUT2D eigenvalue weighted by Crippen LogP contribution is -2.68. The van der Waals surface area contributed by atoms with E-state index >= 15 is 0 Å². The molecule has 26 heavy (non-hydrogen) atoms. The molecule has 3 aliphatic heterocycles. The van der Waals surface area contributed by atoms with Crippen LogP contribution in [0.1, 0.15) is 59.3 Å². The van der Waals surface area contributed by atoms with Crippen molar-refractivity contribution < 1.29 is 29.6 Å². The lowest BCUT2D eigenvalue weighted by molar-refractivity contribution is -0.299. The lowest BCUT2D eigenvalue weighted by Gasteiger charge is -2.62. The van der Waals surface area contributed by atoms with Crippen LogP contribution in [0.4, 0.5) is 0 Å². The van der Waals surface area contributed by atoms with Crippen LogP contribution in [0.3, 0.4) is 0 Å². The van der Waals surface area contributed by atoms with Crippen LogP contribution in [0.15, 0.2) is 11.3 Å². The number of aliphatic hydroxyl groups is 3. The first kappa shape index (κ1) is 17.2. The number of hydrogen-bond acceptors (Lipinski definition) is 6. The summed E-state index contributed by atoms with van der Waals surface area (Å²) >= 11 is 0. The van der Waals surface area contributed by atoms with Gasteiger partial charge >= 0.3 is 5.97 Å². The van der Waals surface area contributed by atoms with Gasteiger partial charge in [-0.15, -0.1) is 0 Å². The molecule has 7 atom stereocenters. The number of carbonyl (C=O) groups is 1. The van der Waals surface area contributed by atoms with E-state index in [1.165, 1.54) is 0 Å². The molecule has 1 spiro atoms. The van der Waals surface area contributed by atoms with Gasteiger partial charge in [0, 0.05) is 17.9 Å². The molecular formula is C20H28O6. The Morgan fingerprint density at radius 3 is 2.58 bits per heavy atom. The van der Waals surface area contributed by atoms with Gasteiger partial charge in [-0.3, -0.25) is 4.79 Å². The molecule has 0 amide bonds. The van der Waals surface area contributed by atoms with Crippen LogP contribution < -0.4 is 0 Å². The number of esters is 1. The van der Waals surface area contributed by atoms with Crippen LogP contribution in [0, 0.1) is 22.7 Å². The first-order chi connectivity index (χ1) is 12.0. The minimum atomic E-state index is -1.73. The summed E-state index contributed by atoms with van der Waals surface area (Å²) in [7, 11) is 0. The van der Waals surface area contributed by atoms with E-state index in [1.54, 1.807) is 0 Å². The third-order valence-corrected chi connectivity index (χ3v) is 8.38. The molecule has 0 aromatic heterocycles. The number of aliphatic hydroxyl groups excluding tert-OH is 2. The van der Waals surface area contributed by atoms with Gasteiger partial charge in [-0.1, -0.05) is 27.2 Å². The fourth-order valence-corrected chi connectivity index (χ4v) is 7.31. The van der Waals surface area contributed by atoms with Gasteiger partial charge in [0.25, 0.3) is 0 Å². The van der Waals surface area contributed by atoms with Crippen LogP contribution in [-0.4, -0.2) is 44.9 Å². The van der Waals surface area contributed by atoms with E-state index < -0.39 is 29.6 Å². The third-order valence-electron chi connectivity index (χ3n) is 8.38. The summed E-state index contributed by atoms with van der Waals surface area (Å²) in [6.07, 6.45) is 1.89. The number of ether oxygens (including phenoxy) is 2. The van der Waals surface area contributed by atoms with Gasteiger partial charge in [0.15, 0.2) is 5.76 Å². The van der Waals surface area contributed by atoms with E-state index in [2.05, 4.69) is 20.8 Å². The molecule has 0 radical (unpaired) electrons. The van der Waals surface area contributed by atoms with Crippen LogP contribution in [0.5, 0.6) is 0 Å². The van der Waals surface area contributed by atoms with Gasteiger partial charge in [-0.25, -0.2) is 0 Å². The maximum absolute atomic E-state index is 11.8. The van der Waals surface area contributed by atoms with Gasteiger partial charge in [0.05, 0.1) is 12.5 Å². The van der Waals surface area contributed by atoms with E-state index in [0.29, 0.717) is 12.0 Å². The van der Waals surface area contributed by atoms with E-state index in [4.69, 9.17) is 9.47 Å². The van der Waals surface area contributed by atoms with E-state index in [1.807, 2.05) is 0 Å². The van der Waals surface area contributed by atoms with Crippen molar-refractivity contribution in [2.75, 3.05) is 0 Å². The van der Waals surface area contributed by atoms with Crippen molar-refractivity contribution in [1.29, 1.82) is 0 Å². The molecule has 0 aromatic carbocycles. The van der Waals surface area contributed by atoms with Gasteiger partial charge in [0.1, 0.15) is 11.7 Å². The first-order valence-electron chi connectivity index (χ1n) is 9.77. The first-order valence-corrected chi connectivity index (χ1v) is 9.77. The Bertz CT molecular complexity index is 728. The Morgan fingerprint density at radius 2 is 1.85 bits per heavy atom. The van der Waals surface area contributed by atoms with Gasteiger partial charge in [-0.05, 0) is 36.0 Å². The van der Waals surface area contributed by atoms with Crippen molar-refractivity contribution in [1.82, 2.24) is 0 Å². The van der Waals surface area contributed by atoms with Crippen molar-refractivity contribution >= 4 is 5.97 Å². The largest absolute Gasteiger partial charge is 0.425 e. The molecule has 144 valence electrons. The average molecular weight is 364 g/mol. The van der Waals surface area contributed by atoms with Gasteiger partial charge in [-0.2, -0.15) is 0 Å². The van der Waals surface area contributed by atoms with Crippen molar-refractivity contribution in [3.63, 3.8) is 0 Å². The zero-order valence-electron chi connectivity index (χ0n) is 15.6. The number of fused-ring (bicyclic) bond motifs is 4. The van der Waals surface area contributed by atoms with E-state index in [9.17, 15) is 20.1 Å². The molecule has 6 nitrogen and oxygen atoms in total. The fourth-order valence-electron chi connectivity index (χ4n) is 7.31. The molecule has 2 aliphatic carbocycles. The summed E-state index contributed by atoms with van der Waals surface area (Å²) in [5.41, 5.74) is -0.943. The molecule has 0 aromatic rings. The summed E-state index contributed by atoms with van der Waals surface area (Å²) < 4.78 is 11.3. The molecule has 5 aliphatic rings. The highest BCUT2D eigenvalue weighted by Crippen LogP contribution is 2.70. The minimum absolute atomic E-state index is 0.0466. The zero-order chi connectivity index (χ0) is 18.7. The van der Waals surface area contributed by atoms with Crippen LogP contribution in [0.2, 0.25) is 0 Å². The predicted octanol–water partition coefficient (Wildman–Crippen LogP) is 1.62. The molecular weight excluding hydrogens is 336 g/mol. The second-order valence-electron chi connectivity index (χ2n) is 10.1. The monoisotopic (exact) mass is 364 g/mol. The van der Waals surface area contributed by atoms with E-state index in [-0.39, 0.29) is 41.3 Å². The SMILES string of the molecule is CC1(C)CCC[C@]2(C)[C@@H]1C[C@@H](O)[C@@]13O[C@](O)(C[C@@H]21)C1=C(CC(=O)O1)[C@@H]3O. The molecule has 3 heterocycles. The Hall–Kier alpha value is -0.950. The number of rotatable bonds is 0. The molecule has 0 unspecified atom stereocenters. The Balaban J connectivity index is 1.66. The maximum atomic E-state index is 11.8. The Kier molecular flexibility index (Phi) is 3.11. The van der Waals surface area contributed by atoms with Crippen molar-refractivity contribution in [2.45, 2.75) is 82.9 Å². The summed E-state index contributed by atoms with van der Waals surface area (Å²) in [4.78, 5) is 11.8. The molecule has 5 rings (SSSR count). The highest BCUT2D eigenvalue weighted by molar-refractivity contribution is 5.78. The predicted molar refractivity (Wildman–Crippen MR) is 90.5 cm³/mol. The van der Waals surface area contributed by atoms with Crippen LogP contribution in [0.25, 0.3) is 0 Å². The quantitative estimate of drug-likeness (QED) is 0.565. The normalized spacial score (nSPS) is 54.5. The topological polar surface area (TPSA) is 96.2 Å². The third kappa shape index (κ3) is 1.75. The van der Waals surface area contributed by atoms with Crippen molar-refractivity contribution in [2.24, 2.45) is 22.7 Å². The molecule has 2 saturated carbocycles. The summed E-state index contributed by atoms with van der Waals surface area (Å²) in [6, 6.07) is 0. The zero-order valence-corrected chi connectivity index (χ0v) is 15.6. The smallest absolute Gasteiger partial charge is 0.315 e. The highest BCUT2D eigenvalue weighted by Gasteiger charge is 2.76. The van der Waals surface area contributed by atoms with Crippen molar-refractivity contribution in [3.05, 3.63) is 11.3 Å². The highest BCUT2D eigenvalue weighted by atomic mass is 16.7. The van der Waals surface area contributed by atoms with Gasteiger partial charge in [0.2, 0.25) is 5.79 Å². The maximum Gasteiger partial charge on any atom is 0.315 e. The Morgan fingerprint density at radius 1 is 1.12 bits per heavy atom. The van der Waals surface area contributed by atoms with Crippen LogP contribution in [-0.2, 0) is 14.3 Å². The van der Waals surface area contributed by atoms with Crippen LogP contribution >= 0.6 is 0 Å². The number of hydrogen-bond donors (Lipinski definition) is 3.